The zero-order chi connectivity index (χ0) is 18.6. The number of furan rings is 1. The Morgan fingerprint density at radius 3 is 2.46 bits per heavy atom. The maximum Gasteiger partial charge on any atom is 0.253 e. The monoisotopic (exact) mass is 377 g/mol. The molecule has 0 spiro atoms. The summed E-state index contributed by atoms with van der Waals surface area (Å²) in [5.74, 6) is 1.02. The molecule has 1 aromatic carbocycles. The molecule has 1 aliphatic rings. The average Bonchev–Trinajstić information content (AvgIpc) is 3.14. The van der Waals surface area contributed by atoms with Gasteiger partial charge >= 0.3 is 0 Å². The molecule has 0 saturated carbocycles. The van der Waals surface area contributed by atoms with Crippen molar-refractivity contribution in [3.05, 3.63) is 54.0 Å². The molecule has 0 radical (unpaired) electrons. The van der Waals surface area contributed by atoms with E-state index in [1.807, 2.05) is 6.92 Å². The zero-order valence-corrected chi connectivity index (χ0v) is 15.6. The quantitative estimate of drug-likeness (QED) is 0.774. The van der Waals surface area contributed by atoms with Crippen LogP contribution in [0.2, 0.25) is 0 Å². The van der Waals surface area contributed by atoms with E-state index in [2.05, 4.69) is 0 Å². The van der Waals surface area contributed by atoms with E-state index in [4.69, 9.17) is 9.15 Å². The second kappa shape index (κ2) is 7.95. The Morgan fingerprint density at radius 2 is 1.88 bits per heavy atom. The number of sulfone groups is 1. The highest BCUT2D eigenvalue weighted by Gasteiger charge is 2.32. The van der Waals surface area contributed by atoms with Gasteiger partial charge in [0.05, 0.1) is 18.1 Å². The first kappa shape index (κ1) is 18.5. The Kier molecular flexibility index (Phi) is 5.66. The van der Waals surface area contributed by atoms with Crippen LogP contribution in [0.15, 0.2) is 47.1 Å². The Morgan fingerprint density at radius 1 is 1.19 bits per heavy atom. The molecule has 1 aliphatic heterocycles. The molecule has 7 heteroatoms. The van der Waals surface area contributed by atoms with E-state index in [1.165, 1.54) is 6.26 Å². The Hall–Kier alpha value is -2.28. The van der Waals surface area contributed by atoms with Crippen molar-refractivity contribution in [3.8, 4) is 5.75 Å². The Labute approximate surface area is 153 Å². The topological polar surface area (TPSA) is 76.8 Å². The standard InChI is InChI=1S/C19H23NO5S/c1-2-24-16-7-5-15(6-8-16)19(21)20-11-9-18(10-12-20)26(22,23)14-17-4-3-13-25-17/h3-8,13,18H,2,9-12,14H2,1H3. The molecule has 3 rings (SSSR count). The lowest BCUT2D eigenvalue weighted by Gasteiger charge is -2.31. The third kappa shape index (κ3) is 4.27. The molecule has 140 valence electrons. The molecule has 1 amide bonds. The smallest absolute Gasteiger partial charge is 0.253 e. The van der Waals surface area contributed by atoms with Crippen molar-refractivity contribution < 1.29 is 22.4 Å². The summed E-state index contributed by atoms with van der Waals surface area (Å²) < 4.78 is 35.6. The third-order valence-electron chi connectivity index (χ3n) is 4.57. The average molecular weight is 377 g/mol. The minimum atomic E-state index is -3.28. The van der Waals surface area contributed by atoms with E-state index >= 15 is 0 Å². The molecule has 0 atom stereocenters. The fourth-order valence-electron chi connectivity index (χ4n) is 3.17. The second-order valence-electron chi connectivity index (χ2n) is 6.34. The first-order chi connectivity index (χ1) is 12.5. The van der Waals surface area contributed by atoms with Crippen LogP contribution in [0.25, 0.3) is 0 Å². The molecular weight excluding hydrogens is 354 g/mol. The summed E-state index contributed by atoms with van der Waals surface area (Å²) in [5.41, 5.74) is 0.588. The number of nitrogens with zero attached hydrogens (tertiary/aromatic N) is 1. The van der Waals surface area contributed by atoms with Crippen LogP contribution in [0.5, 0.6) is 5.75 Å². The van der Waals surface area contributed by atoms with E-state index in [-0.39, 0.29) is 11.7 Å². The van der Waals surface area contributed by atoms with Crippen LogP contribution in [-0.2, 0) is 15.6 Å². The van der Waals surface area contributed by atoms with Crippen LogP contribution in [0, 0.1) is 0 Å². The van der Waals surface area contributed by atoms with Gasteiger partial charge in [0.25, 0.3) is 5.91 Å². The van der Waals surface area contributed by atoms with Gasteiger partial charge in [0.2, 0.25) is 0 Å². The molecule has 0 unspecified atom stereocenters. The van der Waals surface area contributed by atoms with Crippen molar-refractivity contribution >= 4 is 15.7 Å². The second-order valence-corrected chi connectivity index (χ2v) is 8.62. The van der Waals surface area contributed by atoms with E-state index in [0.717, 1.165) is 5.75 Å². The van der Waals surface area contributed by atoms with Crippen molar-refractivity contribution in [1.82, 2.24) is 4.90 Å². The molecule has 1 aromatic heterocycles. The maximum atomic E-state index is 12.6. The van der Waals surface area contributed by atoms with Crippen LogP contribution in [0.4, 0.5) is 0 Å². The minimum absolute atomic E-state index is 0.0741. The molecule has 2 heterocycles. The van der Waals surface area contributed by atoms with Crippen molar-refractivity contribution in [2.75, 3.05) is 19.7 Å². The highest BCUT2D eigenvalue weighted by atomic mass is 32.2. The predicted octanol–water partition coefficient (Wildman–Crippen LogP) is 2.90. The van der Waals surface area contributed by atoms with Crippen molar-refractivity contribution in [1.29, 1.82) is 0 Å². The van der Waals surface area contributed by atoms with Gasteiger partial charge in [0, 0.05) is 18.7 Å². The number of carbonyl (C=O) groups excluding carboxylic acids is 1. The lowest BCUT2D eigenvalue weighted by molar-refractivity contribution is 0.0725. The van der Waals surface area contributed by atoms with Gasteiger partial charge < -0.3 is 14.1 Å². The molecule has 6 nitrogen and oxygen atoms in total. The highest BCUT2D eigenvalue weighted by Crippen LogP contribution is 2.23. The van der Waals surface area contributed by atoms with Crippen LogP contribution in [-0.4, -0.2) is 44.2 Å². The fraction of sp³-hybridized carbons (Fsp3) is 0.421. The SMILES string of the molecule is CCOc1ccc(C(=O)N2CCC(S(=O)(=O)Cc3ccco3)CC2)cc1. The number of amides is 1. The lowest BCUT2D eigenvalue weighted by Crippen LogP contribution is -2.42. The lowest BCUT2D eigenvalue weighted by atomic mass is 10.1. The first-order valence-corrected chi connectivity index (χ1v) is 10.5. The normalized spacial score (nSPS) is 15.8. The molecule has 1 fully saturated rings. The number of ether oxygens (including phenoxy) is 1. The Bertz CT molecular complexity index is 819. The summed E-state index contributed by atoms with van der Waals surface area (Å²) in [6.07, 6.45) is 2.38. The minimum Gasteiger partial charge on any atom is -0.494 e. The summed E-state index contributed by atoms with van der Waals surface area (Å²) in [6.45, 7) is 3.36. The van der Waals surface area contributed by atoms with Gasteiger partial charge in [-0.05, 0) is 56.2 Å². The summed E-state index contributed by atoms with van der Waals surface area (Å²) in [7, 11) is -3.28. The van der Waals surface area contributed by atoms with E-state index < -0.39 is 15.1 Å². The molecule has 0 N–H and O–H groups in total. The molecule has 0 aliphatic carbocycles. The molecule has 1 saturated heterocycles. The number of likely N-dealkylation sites (tertiary alicyclic amines) is 1. The van der Waals surface area contributed by atoms with Crippen LogP contribution >= 0.6 is 0 Å². The first-order valence-electron chi connectivity index (χ1n) is 8.75. The van der Waals surface area contributed by atoms with Crippen LogP contribution in [0.1, 0.15) is 35.9 Å². The number of benzene rings is 1. The predicted molar refractivity (Wildman–Crippen MR) is 97.9 cm³/mol. The highest BCUT2D eigenvalue weighted by molar-refractivity contribution is 7.91. The number of hydrogen-bond acceptors (Lipinski definition) is 5. The third-order valence-corrected chi connectivity index (χ3v) is 6.75. The largest absolute Gasteiger partial charge is 0.494 e. The van der Waals surface area contributed by atoms with Gasteiger partial charge in [0.1, 0.15) is 17.3 Å². The van der Waals surface area contributed by atoms with Crippen molar-refractivity contribution in [3.63, 3.8) is 0 Å². The number of piperidine rings is 1. The van der Waals surface area contributed by atoms with Gasteiger partial charge in [-0.2, -0.15) is 0 Å². The summed E-state index contributed by atoms with van der Waals surface area (Å²) >= 11 is 0. The van der Waals surface area contributed by atoms with E-state index in [9.17, 15) is 13.2 Å². The molecular formula is C19H23NO5S. The van der Waals surface area contributed by atoms with Gasteiger partial charge in [-0.3, -0.25) is 4.79 Å². The number of carbonyl (C=O) groups is 1. The molecule has 26 heavy (non-hydrogen) atoms. The van der Waals surface area contributed by atoms with Gasteiger partial charge in [0.15, 0.2) is 9.84 Å². The number of hydrogen-bond donors (Lipinski definition) is 0. The fourth-order valence-corrected chi connectivity index (χ4v) is 4.90. The van der Waals surface area contributed by atoms with E-state index in [0.29, 0.717) is 43.9 Å². The molecule has 2 aromatic rings. The van der Waals surface area contributed by atoms with Gasteiger partial charge in [-0.1, -0.05) is 0 Å². The Balaban J connectivity index is 1.58. The summed E-state index contributed by atoms with van der Waals surface area (Å²) in [5, 5.41) is -0.433. The maximum absolute atomic E-state index is 12.6. The van der Waals surface area contributed by atoms with Crippen LogP contribution < -0.4 is 4.74 Å². The number of rotatable bonds is 6. The van der Waals surface area contributed by atoms with Crippen LogP contribution in [0.3, 0.4) is 0 Å². The zero-order valence-electron chi connectivity index (χ0n) is 14.8. The van der Waals surface area contributed by atoms with E-state index in [1.54, 1.807) is 41.3 Å². The van der Waals surface area contributed by atoms with Gasteiger partial charge in [-0.25, -0.2) is 8.42 Å². The van der Waals surface area contributed by atoms with Crippen molar-refractivity contribution in [2.24, 2.45) is 0 Å². The van der Waals surface area contributed by atoms with Gasteiger partial charge in [-0.15, -0.1) is 0 Å². The molecule has 0 bridgehead atoms. The summed E-state index contributed by atoms with van der Waals surface area (Å²) in [6, 6.07) is 10.4. The van der Waals surface area contributed by atoms with Crippen molar-refractivity contribution in [2.45, 2.75) is 30.8 Å². The summed E-state index contributed by atoms with van der Waals surface area (Å²) in [4.78, 5) is 14.3.